The number of benzene rings is 20. The molecular weight excluding hydrogens is 1770 g/mol. The third-order valence-electron chi connectivity index (χ3n) is 36.9. The minimum Gasteiger partial charge on any atom is -0.309 e. The molecular formula is C129H71B4N13. The largest absolute Gasteiger partial charge is 0.309 e. The van der Waals surface area contributed by atoms with Gasteiger partial charge in [0.15, 0.2) is 17.5 Å². The Balaban J connectivity index is 0.000000115. The Hall–Kier alpha value is -18.3. The van der Waals surface area contributed by atoms with Crippen molar-refractivity contribution in [1.29, 1.82) is 0 Å². The first-order valence-corrected chi connectivity index (χ1v) is 51.8. The minimum atomic E-state index is -0.0750. The van der Waals surface area contributed by atoms with Gasteiger partial charge < -0.3 is 45.7 Å². The maximum atomic E-state index is 5.29. The normalized spacial score (nSPS) is 14.5. The van der Waals surface area contributed by atoms with Crippen molar-refractivity contribution in [3.05, 3.63) is 425 Å². The van der Waals surface area contributed by atoms with Crippen molar-refractivity contribution >= 4 is 224 Å². The summed E-state index contributed by atoms with van der Waals surface area (Å²) in [5.41, 5.74) is 76.4. The lowest BCUT2D eigenvalue weighted by atomic mass is 9.29. The van der Waals surface area contributed by atoms with Crippen LogP contribution in [0.3, 0.4) is 0 Å². The predicted octanol–water partition coefficient (Wildman–Crippen LogP) is 18.6. The van der Waals surface area contributed by atoms with Gasteiger partial charge in [0.1, 0.15) is 0 Å². The van der Waals surface area contributed by atoms with Crippen LogP contribution < -0.4 is 65.6 Å². The topological polar surface area (TPSA) is 88.0 Å². The van der Waals surface area contributed by atoms with Crippen molar-refractivity contribution in [2.45, 2.75) is 38.5 Å². The molecule has 0 saturated heterocycles. The van der Waals surface area contributed by atoms with Gasteiger partial charge in [0.25, 0.3) is 26.9 Å². The Morgan fingerprint density at radius 1 is 0.164 bits per heavy atom. The smallest absolute Gasteiger partial charge is 0.253 e. The number of fused-ring (bicyclic) bond motifs is 22. The summed E-state index contributed by atoms with van der Waals surface area (Å²) in [6.07, 6.45) is 5.58. The van der Waals surface area contributed by atoms with Crippen LogP contribution in [-0.2, 0) is 38.5 Å². The number of nitrogens with zero attached hydrogens (tertiary/aromatic N) is 13. The van der Waals surface area contributed by atoms with E-state index in [1.807, 2.05) is 12.1 Å². The summed E-state index contributed by atoms with van der Waals surface area (Å²) >= 11 is 0. The van der Waals surface area contributed by atoms with Crippen LogP contribution in [0.15, 0.2) is 358 Å². The first-order valence-electron chi connectivity index (χ1n) is 51.8. The summed E-state index contributed by atoms with van der Waals surface area (Å²) in [6, 6.07) is 136. The summed E-state index contributed by atoms with van der Waals surface area (Å²) in [7, 11) is 0. The summed E-state index contributed by atoms with van der Waals surface area (Å²) in [6.45, 7) is 0.104. The summed E-state index contributed by atoms with van der Waals surface area (Å²) in [5, 5.41) is 5.10. The van der Waals surface area contributed by atoms with Crippen LogP contribution in [0.2, 0.25) is 0 Å². The molecule has 0 amide bonds. The summed E-state index contributed by atoms with van der Waals surface area (Å²) < 4.78 is 27.1. The van der Waals surface area contributed by atoms with E-state index in [1.54, 1.807) is 0 Å². The first kappa shape index (κ1) is 73.7. The molecule has 0 fully saturated rings. The first-order chi connectivity index (χ1) is 72.5. The lowest BCUT2D eigenvalue weighted by Gasteiger charge is -2.47. The van der Waals surface area contributed by atoms with E-state index in [4.69, 9.17) is 15.0 Å². The third-order valence-corrected chi connectivity index (χ3v) is 36.9. The molecule has 0 saturated carbocycles. The van der Waals surface area contributed by atoms with Crippen molar-refractivity contribution in [2.24, 2.45) is 0 Å². The van der Waals surface area contributed by atoms with Crippen LogP contribution in [0.4, 0.5) is 0 Å². The molecule has 14 aliphatic rings. The van der Waals surface area contributed by atoms with Crippen molar-refractivity contribution in [1.82, 2.24) is 60.6 Å². The van der Waals surface area contributed by atoms with Crippen LogP contribution in [0.1, 0.15) is 66.8 Å². The van der Waals surface area contributed by atoms with Crippen LogP contribution in [0, 0.1) is 0 Å². The molecule has 0 spiro atoms. The van der Waals surface area contributed by atoms with E-state index in [2.05, 4.69) is 391 Å². The second-order valence-electron chi connectivity index (χ2n) is 43.2. The number of rotatable bonds is 5. The molecule has 13 nitrogen and oxygen atoms in total. The van der Waals surface area contributed by atoms with Crippen molar-refractivity contribution in [2.75, 3.05) is 0 Å². The van der Waals surface area contributed by atoms with E-state index in [-0.39, 0.29) is 26.9 Å². The maximum absolute atomic E-state index is 5.29. The molecule has 0 aliphatic carbocycles. The fourth-order valence-electron chi connectivity index (χ4n) is 31.8. The van der Waals surface area contributed by atoms with Crippen LogP contribution in [0.25, 0.3) is 223 Å². The van der Waals surface area contributed by atoms with Gasteiger partial charge in [-0.1, -0.05) is 267 Å². The van der Waals surface area contributed by atoms with Crippen molar-refractivity contribution < 1.29 is 0 Å². The van der Waals surface area contributed by atoms with E-state index in [1.165, 1.54) is 321 Å². The zero-order valence-electron chi connectivity index (χ0n) is 78.4. The standard InChI is InChI=1S/C69H38B2N6.C60H33B2N7/c1-5-17-50-44(13-1)45-14-2-6-18-51(45)72(50)42-27-29-48-56(34-42)74-54-21-9-11-38-32-40-25-23-36-31-37-24-26-41-33-39-12-10-22-55-63(39)77-65(41)59(37)71-58(36)64(40)76(62(38)54)68-61(71)69(77)67-60(66(68)74)70(48)49-30-28-43(35-57(49)75(55)67)73-52-19-7-3-15-46(52)47-16-4-8-20-53(47)73;1-3-11-31(12-4-1)58-63-59(32-13-5-2-6-14-32)65-60(64-58)39-25-26-43-41(30-39)61-40-17-7-8-18-42(40)66-44-19-9-15-35-28-37-23-21-33-27-34-22-24-38-29-36-16-10-20-45-51(36)69-53(38)47(34)62-46(33)52(37)68(50(35)44)56-49(62)57(69)55(67(43)45)48(61)54(56)66/h1-30,34-35H,31-33H2;1-26,30H,27-29H2. The second-order valence-corrected chi connectivity index (χ2v) is 43.2. The van der Waals surface area contributed by atoms with Gasteiger partial charge in [-0.3, -0.25) is 0 Å². The van der Waals surface area contributed by atoms with Gasteiger partial charge >= 0.3 is 0 Å². The fraction of sp³-hybridized carbons (Fsp3) is 0.0465. The molecule has 27 aromatic rings. The molecule has 0 bridgehead atoms. The highest BCUT2D eigenvalue weighted by atomic mass is 15.2. The van der Waals surface area contributed by atoms with E-state index in [9.17, 15) is 0 Å². The van der Waals surface area contributed by atoms with E-state index >= 15 is 0 Å². The molecule has 14 aliphatic heterocycles. The number of aromatic nitrogens is 13. The molecule has 0 N–H and O–H groups in total. The Bertz CT molecular complexity index is 10900. The van der Waals surface area contributed by atoms with Gasteiger partial charge in [0, 0.05) is 121 Å². The Morgan fingerprint density at radius 3 is 0.836 bits per heavy atom. The zero-order chi connectivity index (χ0) is 93.1. The second kappa shape index (κ2) is 24.9. The highest BCUT2D eigenvalue weighted by molar-refractivity contribution is 7.05. The van der Waals surface area contributed by atoms with Crippen LogP contribution in [-0.4, -0.2) is 87.5 Å². The molecule has 0 unspecified atom stereocenters. The fourth-order valence-corrected chi connectivity index (χ4v) is 31.8. The molecule has 17 heteroatoms. The average molecular weight is 1850 g/mol. The van der Waals surface area contributed by atoms with E-state index < -0.39 is 0 Å². The highest BCUT2D eigenvalue weighted by Gasteiger charge is 2.56. The summed E-state index contributed by atoms with van der Waals surface area (Å²) in [5.74, 6) is 1.99. The van der Waals surface area contributed by atoms with Gasteiger partial charge in [0.05, 0.1) is 110 Å². The summed E-state index contributed by atoms with van der Waals surface area (Å²) in [4.78, 5) is 15.7. The van der Waals surface area contributed by atoms with Crippen LogP contribution in [0.5, 0.6) is 0 Å². The Kier molecular flexibility index (Phi) is 12.6. The molecule has 664 valence electrons. The maximum Gasteiger partial charge on any atom is 0.253 e. The van der Waals surface area contributed by atoms with Crippen molar-refractivity contribution in [3.63, 3.8) is 0 Å². The molecule has 0 atom stereocenters. The number of para-hydroxylation sites is 9. The van der Waals surface area contributed by atoms with E-state index in [0.29, 0.717) is 17.5 Å². The molecule has 146 heavy (non-hydrogen) atoms. The molecule has 21 heterocycles. The van der Waals surface area contributed by atoms with Crippen LogP contribution >= 0.6 is 0 Å². The number of hydrogen-bond donors (Lipinski definition) is 0. The molecule has 7 aromatic heterocycles. The molecule has 41 rings (SSSR count). The predicted molar refractivity (Wildman–Crippen MR) is 597 cm³/mol. The SMILES string of the molecule is c1ccc(-c2nc(-c3ccccc3)nc(-c3ccc4c(c3)B3c5ccccc5-n5c6cccc7c6n6c8c9c%10c(c3c85)n-4c3cccc4c3n%10-c3c(ccc5c3B9c3c(ccc(c3-6)C7)C5)C4)n2)cc1.c1ccc2c(c1)c1ccccc1n2-c1ccc2c(c1)-n1c3cccc4c3n3c5c6c7c8c(c51)B2c1ccc(-n2c5ccccc5c5ccccc52)cc1-n8c1cccc2c1n7-c1c(ccc5c1B6c1c(ccc(c1-3)C4)C5)C2. The lowest BCUT2D eigenvalue weighted by Crippen LogP contribution is -2.67. The van der Waals surface area contributed by atoms with Gasteiger partial charge in [-0.25, -0.2) is 15.0 Å². The molecule has 20 aromatic carbocycles. The quantitative estimate of drug-likeness (QED) is 0.127. The monoisotopic (exact) mass is 1850 g/mol. The molecule has 0 radical (unpaired) electrons. The average Bonchev–Trinajstić information content (AvgIpc) is 0.657. The Morgan fingerprint density at radius 2 is 0.452 bits per heavy atom. The minimum absolute atomic E-state index is 0.0618. The third kappa shape index (κ3) is 8.21. The van der Waals surface area contributed by atoms with Gasteiger partial charge in [-0.05, 0) is 236 Å². The highest BCUT2D eigenvalue weighted by Crippen LogP contribution is 2.53. The zero-order valence-corrected chi connectivity index (χ0v) is 78.4. The van der Waals surface area contributed by atoms with Crippen molar-refractivity contribution in [3.8, 4) is 91.0 Å². The van der Waals surface area contributed by atoms with Gasteiger partial charge in [-0.2, -0.15) is 0 Å². The Labute approximate surface area is 833 Å². The lowest BCUT2D eigenvalue weighted by molar-refractivity contribution is 0.982. The van der Waals surface area contributed by atoms with Gasteiger partial charge in [-0.15, -0.1) is 0 Å². The van der Waals surface area contributed by atoms with Gasteiger partial charge in [0.2, 0.25) is 0 Å². The number of hydrogen-bond acceptors (Lipinski definition) is 3. The van der Waals surface area contributed by atoms with E-state index in [0.717, 1.165) is 55.2 Å².